The molecule has 0 spiro atoms. The van der Waals surface area contributed by atoms with Crippen LogP contribution in [0.2, 0.25) is 0 Å². The van der Waals surface area contributed by atoms with E-state index >= 15 is 0 Å². The zero-order valence-corrected chi connectivity index (χ0v) is 23.6. The van der Waals surface area contributed by atoms with E-state index in [0.717, 1.165) is 16.8 Å². The Hall–Kier alpha value is -5.43. The third-order valence-corrected chi connectivity index (χ3v) is 5.70. The van der Waals surface area contributed by atoms with Crippen molar-refractivity contribution in [2.75, 3.05) is 0 Å². The van der Waals surface area contributed by atoms with E-state index in [9.17, 15) is 10.5 Å². The Morgan fingerprint density at radius 2 is 1.50 bits per heavy atom. The van der Waals surface area contributed by atoms with E-state index in [0.29, 0.717) is 5.69 Å². The summed E-state index contributed by atoms with van der Waals surface area (Å²) in [5.41, 5.74) is 5.70. The summed E-state index contributed by atoms with van der Waals surface area (Å²) in [4.78, 5) is 11.8. The second-order valence-corrected chi connectivity index (χ2v) is 8.21. The molecule has 0 aliphatic rings. The van der Waals surface area contributed by atoms with Crippen molar-refractivity contribution in [3.63, 3.8) is 0 Å². The Labute approximate surface area is 246 Å². The van der Waals surface area contributed by atoms with Crippen LogP contribution in [-0.4, -0.2) is 9.97 Å². The Bertz CT molecular complexity index is 1730. The molecule has 0 N–H and O–H groups in total. The van der Waals surface area contributed by atoms with Crippen LogP contribution < -0.4 is 0 Å². The zero-order valence-electron chi connectivity index (χ0n) is 21.2. The van der Waals surface area contributed by atoms with Crippen molar-refractivity contribution in [2.45, 2.75) is 6.92 Å². The number of nitriles is 3. The summed E-state index contributed by atoms with van der Waals surface area (Å²) in [6.45, 7) is 8.98. The minimum atomic E-state index is -0.125. The quantitative estimate of drug-likeness (QED) is 0.186. The zero-order chi connectivity index (χ0) is 27.6. The minimum absolute atomic E-state index is 0. The van der Waals surface area contributed by atoms with Gasteiger partial charge in [-0.25, -0.2) is 10.5 Å². The average molecular weight is 691 g/mol. The molecule has 5 rings (SSSR count). The first kappa shape index (κ1) is 29.1. The number of benzene rings is 3. The van der Waals surface area contributed by atoms with Gasteiger partial charge in [0.2, 0.25) is 0 Å². The van der Waals surface area contributed by atoms with Gasteiger partial charge in [-0.15, -0.1) is 47.5 Å². The van der Waals surface area contributed by atoms with Gasteiger partial charge in [0.15, 0.2) is 0 Å². The molecule has 0 saturated carbocycles. The molecule has 0 fully saturated rings. The molecule has 0 atom stereocenters. The fourth-order valence-electron chi connectivity index (χ4n) is 3.78. The van der Waals surface area contributed by atoms with Gasteiger partial charge >= 0.3 is 0 Å². The molecular weight excluding hydrogens is 673 g/mol. The van der Waals surface area contributed by atoms with Crippen LogP contribution in [0.5, 0.6) is 0 Å². The third kappa shape index (κ3) is 6.52. The number of hydrogen-bond acceptors (Lipinski definition) is 5. The Kier molecular flexibility index (Phi) is 10.1. The first-order valence-corrected chi connectivity index (χ1v) is 11.7. The molecule has 0 unspecified atom stereocenters. The monoisotopic (exact) mass is 691 g/mol. The third-order valence-electron chi connectivity index (χ3n) is 5.70. The van der Waals surface area contributed by atoms with Gasteiger partial charge in [-0.3, -0.25) is 4.85 Å². The summed E-state index contributed by atoms with van der Waals surface area (Å²) in [6, 6.07) is 37.3. The maximum absolute atomic E-state index is 9.29. The van der Waals surface area contributed by atoms with Crippen LogP contribution in [0.25, 0.3) is 38.5 Å². The van der Waals surface area contributed by atoms with E-state index in [4.69, 9.17) is 11.8 Å². The number of aryl methyl sites for hydroxylation is 1. The molecule has 0 aliphatic heterocycles. The SMILES string of the molecule is [C-]#[N+]c1[c-]c(-c2ccc(C)cn2)c(C#N)c(C#N)c1C#N.[Ir].[c-]1ccccc1-c1cc(-c2ccccc2)ccn1. The first-order valence-electron chi connectivity index (χ1n) is 11.7. The fraction of sp³-hybridized carbons (Fsp3) is 0.0303. The van der Waals surface area contributed by atoms with Gasteiger partial charge in [0.1, 0.15) is 5.69 Å². The van der Waals surface area contributed by atoms with Crippen LogP contribution >= 0.6 is 0 Å². The van der Waals surface area contributed by atoms with Gasteiger partial charge in [0.05, 0.1) is 12.6 Å². The van der Waals surface area contributed by atoms with Gasteiger partial charge in [-0.1, -0.05) is 48.5 Å². The maximum atomic E-state index is 9.29. The van der Waals surface area contributed by atoms with Crippen molar-refractivity contribution in [1.29, 1.82) is 15.8 Å². The number of hydrogen-bond donors (Lipinski definition) is 0. The predicted molar refractivity (Wildman–Crippen MR) is 148 cm³/mol. The number of aromatic nitrogens is 2. The minimum Gasteiger partial charge on any atom is -0.305 e. The molecule has 2 aromatic heterocycles. The van der Waals surface area contributed by atoms with Crippen LogP contribution in [0.3, 0.4) is 0 Å². The van der Waals surface area contributed by atoms with Gasteiger partial charge in [0, 0.05) is 44.6 Å². The van der Waals surface area contributed by atoms with Crippen molar-refractivity contribution < 1.29 is 20.1 Å². The van der Waals surface area contributed by atoms with E-state index in [1.807, 2.05) is 73.8 Å². The van der Waals surface area contributed by atoms with Crippen molar-refractivity contribution in [2.24, 2.45) is 0 Å². The van der Waals surface area contributed by atoms with E-state index < -0.39 is 0 Å². The number of rotatable bonds is 3. The molecule has 40 heavy (non-hydrogen) atoms. The normalized spacial score (nSPS) is 9.32. The van der Waals surface area contributed by atoms with E-state index in [1.165, 1.54) is 11.1 Å². The Morgan fingerprint density at radius 1 is 0.775 bits per heavy atom. The van der Waals surface area contributed by atoms with E-state index in [-0.39, 0.29) is 48.0 Å². The summed E-state index contributed by atoms with van der Waals surface area (Å²) in [6.07, 6.45) is 3.46. The smallest absolute Gasteiger partial charge is 0.124 e. The first-order chi connectivity index (χ1) is 19.1. The van der Waals surface area contributed by atoms with Crippen molar-refractivity contribution in [3.8, 4) is 51.8 Å². The molecule has 7 heteroatoms. The number of pyridine rings is 2. The molecule has 1 radical (unpaired) electrons. The van der Waals surface area contributed by atoms with E-state index in [2.05, 4.69) is 45.1 Å². The van der Waals surface area contributed by atoms with Crippen LogP contribution in [0, 0.1) is 59.6 Å². The fourth-order valence-corrected chi connectivity index (χ4v) is 3.78. The van der Waals surface area contributed by atoms with Gasteiger partial charge < -0.3 is 9.97 Å². The summed E-state index contributed by atoms with van der Waals surface area (Å²) in [5.74, 6) is 0. The van der Waals surface area contributed by atoms with Crippen molar-refractivity contribution in [1.82, 2.24) is 9.97 Å². The van der Waals surface area contributed by atoms with Gasteiger partial charge in [0.25, 0.3) is 0 Å². The second kappa shape index (κ2) is 13.9. The Balaban J connectivity index is 0.000000217. The summed E-state index contributed by atoms with van der Waals surface area (Å²) >= 11 is 0. The van der Waals surface area contributed by atoms with Crippen LogP contribution in [0.1, 0.15) is 22.3 Å². The molecule has 0 bridgehead atoms. The topological polar surface area (TPSA) is 102 Å². The molecule has 5 aromatic rings. The van der Waals surface area contributed by atoms with Gasteiger partial charge in [-0.2, -0.15) is 5.26 Å². The second-order valence-electron chi connectivity index (χ2n) is 8.21. The largest absolute Gasteiger partial charge is 0.305 e. The average Bonchev–Trinajstić information content (AvgIpc) is 3.01. The summed E-state index contributed by atoms with van der Waals surface area (Å²) in [7, 11) is 0. The molecule has 2 heterocycles. The molecule has 191 valence electrons. The molecule has 6 nitrogen and oxygen atoms in total. The van der Waals surface area contributed by atoms with Crippen molar-refractivity contribution in [3.05, 3.63) is 137 Å². The van der Waals surface area contributed by atoms with Gasteiger partial charge in [-0.05, 0) is 57.8 Å². The van der Waals surface area contributed by atoms with Crippen LogP contribution in [0.4, 0.5) is 5.69 Å². The van der Waals surface area contributed by atoms with Crippen LogP contribution in [0.15, 0.2) is 91.3 Å². The molecular formula is C33H18IrN6-2. The maximum Gasteiger partial charge on any atom is 0.124 e. The molecule has 3 aromatic carbocycles. The predicted octanol–water partition coefficient (Wildman–Crippen LogP) is 7.24. The summed E-state index contributed by atoms with van der Waals surface area (Å²) in [5, 5.41) is 27.6. The number of nitrogens with zero attached hydrogens (tertiary/aromatic N) is 6. The standard InChI is InChI=1S/C17H12N.C16H6N5.Ir/c1-3-7-14(8-4-1)16-11-12-18-17(13-16)15-9-5-2-6-10-15;1-10-3-4-15(21-9-10)11-5-16(20-2)14(8-19)13(7-18)12(11)6-17;/h1-9,11-13H;3-4,9H,1H3;/q2*-1;. The van der Waals surface area contributed by atoms with Crippen molar-refractivity contribution >= 4 is 5.69 Å². The molecule has 0 amide bonds. The summed E-state index contributed by atoms with van der Waals surface area (Å²) < 4.78 is 0. The van der Waals surface area contributed by atoms with Crippen LogP contribution in [-0.2, 0) is 20.1 Å². The van der Waals surface area contributed by atoms with E-state index in [1.54, 1.807) is 24.4 Å². The molecule has 0 aliphatic carbocycles. The Morgan fingerprint density at radius 3 is 2.10 bits per heavy atom. The molecule has 0 saturated heterocycles.